The van der Waals surface area contributed by atoms with E-state index in [2.05, 4.69) is 32.2 Å². The maximum Gasteiger partial charge on any atom is -0.00945 e. The molecule has 0 nitrogen and oxygen atoms in total. The van der Waals surface area contributed by atoms with E-state index in [1.165, 1.54) is 12.8 Å². The first-order chi connectivity index (χ1) is 4.18. The van der Waals surface area contributed by atoms with E-state index < -0.39 is 0 Å². The highest BCUT2D eigenvalue weighted by molar-refractivity contribution is 7.88. The van der Waals surface area contributed by atoms with Gasteiger partial charge in [-0.15, -0.1) is 25.3 Å². The number of hydrogen-bond acceptors (Lipinski definition) is 2. The Morgan fingerprint density at radius 3 is 2.22 bits per heavy atom. The molecule has 0 aliphatic heterocycles. The van der Waals surface area contributed by atoms with Crippen molar-refractivity contribution in [2.75, 3.05) is 0 Å². The van der Waals surface area contributed by atoms with Gasteiger partial charge in [0.1, 0.15) is 0 Å². The molecule has 0 unspecified atom stereocenters. The van der Waals surface area contributed by atoms with E-state index in [4.69, 9.17) is 0 Å². The van der Waals surface area contributed by atoms with Crippen LogP contribution in [0, 0.1) is 0 Å². The van der Waals surface area contributed by atoms with Crippen LogP contribution in [0.3, 0.4) is 0 Å². The van der Waals surface area contributed by atoms with Gasteiger partial charge in [-0.1, -0.05) is 13.3 Å². The molecule has 0 fully saturated rings. The van der Waals surface area contributed by atoms with Crippen molar-refractivity contribution in [3.05, 3.63) is 9.81 Å². The van der Waals surface area contributed by atoms with Crippen LogP contribution in [0.1, 0.15) is 33.1 Å². The molecule has 0 aliphatic rings. The smallest absolute Gasteiger partial charge is 0.00945 e. The number of allylic oxidation sites excluding steroid dienone is 2. The second-order valence-corrected chi connectivity index (χ2v) is 3.35. The molecule has 0 saturated heterocycles. The highest BCUT2D eigenvalue weighted by atomic mass is 32.1. The van der Waals surface area contributed by atoms with Gasteiger partial charge in [-0.05, 0) is 29.6 Å². The zero-order valence-corrected chi connectivity index (χ0v) is 7.80. The summed E-state index contributed by atoms with van der Waals surface area (Å²) >= 11 is 8.43. The SMILES string of the molecule is CCCC/C(S)=C(\C)S. The molecule has 0 rings (SSSR count). The quantitative estimate of drug-likeness (QED) is 0.585. The van der Waals surface area contributed by atoms with Crippen LogP contribution in [-0.4, -0.2) is 0 Å². The van der Waals surface area contributed by atoms with E-state index in [9.17, 15) is 0 Å². The van der Waals surface area contributed by atoms with Crippen molar-refractivity contribution in [2.24, 2.45) is 0 Å². The summed E-state index contributed by atoms with van der Waals surface area (Å²) in [5.41, 5.74) is 0. The van der Waals surface area contributed by atoms with Crippen LogP contribution in [0.5, 0.6) is 0 Å². The summed E-state index contributed by atoms with van der Waals surface area (Å²) in [5.74, 6) is 0. The van der Waals surface area contributed by atoms with Crippen molar-refractivity contribution in [2.45, 2.75) is 33.1 Å². The minimum absolute atomic E-state index is 1.05. The Morgan fingerprint density at radius 1 is 1.33 bits per heavy atom. The normalized spacial score (nSPS) is 13.3. The fourth-order valence-electron chi connectivity index (χ4n) is 0.525. The molecule has 0 aromatic heterocycles. The van der Waals surface area contributed by atoms with Gasteiger partial charge in [0, 0.05) is 0 Å². The molecule has 0 amide bonds. The summed E-state index contributed by atoms with van der Waals surface area (Å²) in [6.07, 6.45) is 3.52. The first-order valence-corrected chi connectivity index (χ1v) is 4.15. The third-order valence-corrected chi connectivity index (χ3v) is 2.19. The van der Waals surface area contributed by atoms with E-state index in [0.717, 1.165) is 16.2 Å². The van der Waals surface area contributed by atoms with Crippen molar-refractivity contribution in [1.29, 1.82) is 0 Å². The summed E-state index contributed by atoms with van der Waals surface area (Å²) in [7, 11) is 0. The lowest BCUT2D eigenvalue weighted by molar-refractivity contribution is 0.808. The van der Waals surface area contributed by atoms with Gasteiger partial charge in [0.25, 0.3) is 0 Å². The minimum atomic E-state index is 1.05. The Labute approximate surface area is 68.5 Å². The van der Waals surface area contributed by atoms with Gasteiger partial charge in [-0.2, -0.15) is 0 Å². The number of hydrogen-bond donors (Lipinski definition) is 2. The molecule has 0 radical (unpaired) electrons. The third-order valence-electron chi connectivity index (χ3n) is 1.18. The fraction of sp³-hybridized carbons (Fsp3) is 0.714. The van der Waals surface area contributed by atoms with Crippen molar-refractivity contribution >= 4 is 25.3 Å². The maximum absolute atomic E-state index is 4.26. The van der Waals surface area contributed by atoms with Gasteiger partial charge in [0.15, 0.2) is 0 Å². The van der Waals surface area contributed by atoms with E-state index in [-0.39, 0.29) is 0 Å². The standard InChI is InChI=1S/C7H14S2/c1-3-4-5-7(9)6(2)8/h8-9H,3-5H2,1-2H3/b7-6-. The lowest BCUT2D eigenvalue weighted by atomic mass is 10.2. The van der Waals surface area contributed by atoms with Crippen LogP contribution in [0.25, 0.3) is 0 Å². The first-order valence-electron chi connectivity index (χ1n) is 3.26. The van der Waals surface area contributed by atoms with Gasteiger partial charge < -0.3 is 0 Å². The second kappa shape index (κ2) is 5.24. The number of unbranched alkanes of at least 4 members (excludes halogenated alkanes) is 1. The van der Waals surface area contributed by atoms with Gasteiger partial charge in [-0.3, -0.25) is 0 Å². The van der Waals surface area contributed by atoms with Gasteiger partial charge in [0.05, 0.1) is 0 Å². The Balaban J connectivity index is 3.50. The predicted molar refractivity (Wildman–Crippen MR) is 50.2 cm³/mol. The van der Waals surface area contributed by atoms with Crippen LogP contribution in [-0.2, 0) is 0 Å². The molecule has 0 aliphatic carbocycles. The first kappa shape index (κ1) is 9.44. The molecule has 0 spiro atoms. The predicted octanol–water partition coefficient (Wildman–Crippen LogP) is 3.27. The van der Waals surface area contributed by atoms with Crippen molar-refractivity contribution in [3.63, 3.8) is 0 Å². The molecule has 0 aromatic carbocycles. The molecule has 9 heavy (non-hydrogen) atoms. The second-order valence-electron chi connectivity index (χ2n) is 2.14. The third kappa shape index (κ3) is 4.91. The lowest BCUT2D eigenvalue weighted by Crippen LogP contribution is -1.75. The van der Waals surface area contributed by atoms with Crippen molar-refractivity contribution in [1.82, 2.24) is 0 Å². The number of thiol groups is 2. The van der Waals surface area contributed by atoms with Crippen LogP contribution in [0.4, 0.5) is 0 Å². The van der Waals surface area contributed by atoms with Crippen molar-refractivity contribution < 1.29 is 0 Å². The zero-order chi connectivity index (χ0) is 7.28. The Kier molecular flexibility index (Phi) is 5.50. The Bertz CT molecular complexity index is 101. The molecule has 0 N–H and O–H groups in total. The fourth-order valence-corrected chi connectivity index (χ4v) is 0.795. The van der Waals surface area contributed by atoms with Crippen LogP contribution >= 0.6 is 25.3 Å². The highest BCUT2D eigenvalue weighted by Gasteiger charge is 1.91. The van der Waals surface area contributed by atoms with E-state index in [0.29, 0.717) is 0 Å². The highest BCUT2D eigenvalue weighted by Crippen LogP contribution is 2.17. The zero-order valence-electron chi connectivity index (χ0n) is 6.02. The van der Waals surface area contributed by atoms with E-state index >= 15 is 0 Å². The Hall–Kier alpha value is 0.440. The van der Waals surface area contributed by atoms with Crippen LogP contribution in [0.15, 0.2) is 9.81 Å². The Morgan fingerprint density at radius 2 is 1.89 bits per heavy atom. The summed E-state index contributed by atoms with van der Waals surface area (Å²) in [5, 5.41) is 0. The molecule has 0 bridgehead atoms. The molecule has 2 heteroatoms. The summed E-state index contributed by atoms with van der Waals surface area (Å²) < 4.78 is 0. The lowest BCUT2D eigenvalue weighted by Gasteiger charge is -1.98. The average molecular weight is 162 g/mol. The van der Waals surface area contributed by atoms with E-state index in [1.807, 2.05) is 6.92 Å². The molecular formula is C7H14S2. The molecule has 54 valence electrons. The monoisotopic (exact) mass is 162 g/mol. The molecule has 0 saturated carbocycles. The summed E-state index contributed by atoms with van der Waals surface area (Å²) in [6.45, 7) is 4.15. The van der Waals surface area contributed by atoms with Crippen LogP contribution < -0.4 is 0 Å². The molecule has 0 heterocycles. The minimum Gasteiger partial charge on any atom is -0.147 e. The molecular weight excluding hydrogens is 148 g/mol. The van der Waals surface area contributed by atoms with Crippen molar-refractivity contribution in [3.8, 4) is 0 Å². The molecule has 0 aromatic rings. The van der Waals surface area contributed by atoms with Gasteiger partial charge in [0.2, 0.25) is 0 Å². The summed E-state index contributed by atoms with van der Waals surface area (Å²) in [4.78, 5) is 2.17. The van der Waals surface area contributed by atoms with Crippen LogP contribution in [0.2, 0.25) is 0 Å². The number of rotatable bonds is 3. The van der Waals surface area contributed by atoms with Gasteiger partial charge in [-0.25, -0.2) is 0 Å². The molecule has 0 atom stereocenters. The van der Waals surface area contributed by atoms with Gasteiger partial charge >= 0.3 is 0 Å². The largest absolute Gasteiger partial charge is 0.147 e. The summed E-state index contributed by atoms with van der Waals surface area (Å²) in [6, 6.07) is 0. The van der Waals surface area contributed by atoms with E-state index in [1.54, 1.807) is 0 Å². The average Bonchev–Trinajstić information content (AvgIpc) is 1.82. The topological polar surface area (TPSA) is 0 Å². The maximum atomic E-state index is 4.26.